The summed E-state index contributed by atoms with van der Waals surface area (Å²) in [6, 6.07) is 8.01. The number of carbonyl (C=O) groups excluding carboxylic acids is 1. The minimum atomic E-state index is -1.72. The quantitative estimate of drug-likeness (QED) is 0.493. The number of esters is 1. The van der Waals surface area contributed by atoms with Gasteiger partial charge in [0.1, 0.15) is 30.4 Å². The van der Waals surface area contributed by atoms with E-state index in [2.05, 4.69) is 14.1 Å². The highest BCUT2D eigenvalue weighted by molar-refractivity contribution is 7.12. The van der Waals surface area contributed by atoms with Crippen molar-refractivity contribution in [3.05, 3.63) is 44.8 Å². The van der Waals surface area contributed by atoms with E-state index in [1.54, 1.807) is 12.1 Å². The van der Waals surface area contributed by atoms with Gasteiger partial charge in [-0.3, -0.25) is 0 Å². The highest BCUT2D eigenvalue weighted by Gasteiger charge is 2.71. The zero-order chi connectivity index (χ0) is 18.1. The molecule has 0 radical (unpaired) electrons. The zero-order valence-corrected chi connectivity index (χ0v) is 16.3. The molecule has 2 aromatic heterocycles. The number of piperidine rings is 1. The number of likely N-dealkylation sites (N-methyl/N-ethyl adjacent to an activating group) is 1. The smallest absolute Gasteiger partial charge is 0.349 e. The number of hydrogen-bond donors (Lipinski definition) is 1. The molecule has 3 aliphatic rings. The number of aliphatic hydroxyl groups is 1. The molecule has 0 aliphatic carbocycles. The SMILES string of the molecule is C[N+]1(C)C2C[C@H](OC(=O)C(O)(c3cccs3)c3cccs3)C[C@H]1[C@H]1OC21. The molecule has 2 aromatic rings. The first-order valence-electron chi connectivity index (χ1n) is 8.92. The Balaban J connectivity index is 1.40. The molecule has 26 heavy (non-hydrogen) atoms. The molecule has 0 saturated carbocycles. The fourth-order valence-corrected chi connectivity index (χ4v) is 6.54. The molecular weight excluding hydrogens is 370 g/mol. The number of ether oxygens (including phenoxy) is 2. The second-order valence-electron chi connectivity index (χ2n) is 7.99. The van der Waals surface area contributed by atoms with Crippen molar-refractivity contribution in [2.45, 2.75) is 48.8 Å². The molecule has 138 valence electrons. The third kappa shape index (κ3) is 2.28. The highest BCUT2D eigenvalue weighted by Crippen LogP contribution is 2.52. The van der Waals surface area contributed by atoms with Crippen LogP contribution in [0.25, 0.3) is 0 Å². The zero-order valence-electron chi connectivity index (χ0n) is 14.7. The molecule has 0 aromatic carbocycles. The molecule has 2 unspecified atom stereocenters. The van der Waals surface area contributed by atoms with Crippen LogP contribution in [0.1, 0.15) is 22.6 Å². The van der Waals surface area contributed by atoms with E-state index in [1.165, 1.54) is 22.7 Å². The topological polar surface area (TPSA) is 59.1 Å². The van der Waals surface area contributed by atoms with Crippen LogP contribution in [0, 0.1) is 0 Å². The Bertz CT molecular complexity index is 762. The van der Waals surface area contributed by atoms with Gasteiger partial charge in [-0.25, -0.2) is 4.79 Å². The van der Waals surface area contributed by atoms with Crippen molar-refractivity contribution in [3.8, 4) is 0 Å². The summed E-state index contributed by atoms with van der Waals surface area (Å²) in [4.78, 5) is 14.3. The van der Waals surface area contributed by atoms with E-state index in [4.69, 9.17) is 9.47 Å². The van der Waals surface area contributed by atoms with Crippen molar-refractivity contribution < 1.29 is 23.9 Å². The second-order valence-corrected chi connectivity index (χ2v) is 9.89. The Morgan fingerprint density at radius 2 is 1.69 bits per heavy atom. The first-order valence-corrected chi connectivity index (χ1v) is 10.7. The van der Waals surface area contributed by atoms with E-state index in [0.717, 1.165) is 17.3 Å². The van der Waals surface area contributed by atoms with E-state index >= 15 is 0 Å². The lowest BCUT2D eigenvalue weighted by atomic mass is 9.95. The van der Waals surface area contributed by atoms with E-state index in [1.807, 2.05) is 22.9 Å². The number of hydrogen-bond acceptors (Lipinski definition) is 6. The number of quaternary nitrogens is 1. The molecule has 7 heteroatoms. The highest BCUT2D eigenvalue weighted by atomic mass is 32.1. The van der Waals surface area contributed by atoms with Gasteiger partial charge >= 0.3 is 5.97 Å². The van der Waals surface area contributed by atoms with Gasteiger partial charge in [-0.1, -0.05) is 12.1 Å². The summed E-state index contributed by atoms with van der Waals surface area (Å²) in [6.07, 6.45) is 2.05. The molecule has 5 rings (SSSR count). The maximum Gasteiger partial charge on any atom is 0.349 e. The second kappa shape index (κ2) is 5.62. The van der Waals surface area contributed by atoms with Crippen molar-refractivity contribution in [2.75, 3.05) is 14.1 Å². The normalized spacial score (nSPS) is 34.3. The Labute approximate surface area is 160 Å². The number of rotatable bonds is 4. The van der Waals surface area contributed by atoms with Crippen LogP contribution in [0.15, 0.2) is 35.0 Å². The Hall–Kier alpha value is -1.25. The minimum absolute atomic E-state index is 0.161. The van der Waals surface area contributed by atoms with Crippen molar-refractivity contribution in [2.24, 2.45) is 0 Å². The predicted molar refractivity (Wildman–Crippen MR) is 99.1 cm³/mol. The van der Waals surface area contributed by atoms with Crippen molar-refractivity contribution in [1.29, 1.82) is 0 Å². The van der Waals surface area contributed by atoms with E-state index in [9.17, 15) is 9.90 Å². The molecule has 5 atom stereocenters. The molecule has 3 saturated heterocycles. The molecular formula is C19H22NO4S2+. The molecule has 1 N–H and O–H groups in total. The first kappa shape index (κ1) is 16.9. The van der Waals surface area contributed by atoms with Crippen LogP contribution in [0.4, 0.5) is 0 Å². The van der Waals surface area contributed by atoms with Crippen LogP contribution in [-0.2, 0) is 19.9 Å². The number of morpholine rings is 1. The van der Waals surface area contributed by atoms with Crippen LogP contribution in [-0.4, -0.2) is 60.0 Å². The minimum Gasteiger partial charge on any atom is -0.459 e. The lowest BCUT2D eigenvalue weighted by Crippen LogP contribution is -2.60. The van der Waals surface area contributed by atoms with Crippen LogP contribution in [0.2, 0.25) is 0 Å². The Morgan fingerprint density at radius 3 is 2.15 bits per heavy atom. The molecule has 2 bridgehead atoms. The van der Waals surface area contributed by atoms with Crippen LogP contribution in [0.3, 0.4) is 0 Å². The third-order valence-electron chi connectivity index (χ3n) is 6.36. The fourth-order valence-electron chi connectivity index (χ4n) is 4.83. The van der Waals surface area contributed by atoms with Gasteiger partial charge in [-0.05, 0) is 22.9 Å². The van der Waals surface area contributed by atoms with Crippen molar-refractivity contribution in [3.63, 3.8) is 0 Å². The fraction of sp³-hybridized carbons (Fsp3) is 0.526. The van der Waals surface area contributed by atoms with Crippen molar-refractivity contribution in [1.82, 2.24) is 0 Å². The van der Waals surface area contributed by atoms with Gasteiger partial charge in [0, 0.05) is 12.8 Å². The summed E-state index contributed by atoms with van der Waals surface area (Å²) in [5, 5.41) is 15.1. The monoisotopic (exact) mass is 392 g/mol. The maximum absolute atomic E-state index is 13.1. The maximum atomic E-state index is 13.1. The van der Waals surface area contributed by atoms with Gasteiger partial charge in [0.15, 0.2) is 0 Å². The predicted octanol–water partition coefficient (Wildman–Crippen LogP) is 2.35. The summed E-state index contributed by atoms with van der Waals surface area (Å²) in [5.74, 6) is -0.561. The Morgan fingerprint density at radius 1 is 1.15 bits per heavy atom. The number of thiophene rings is 2. The number of fused-ring (bicyclic) bond motifs is 5. The summed E-state index contributed by atoms with van der Waals surface area (Å²) in [6.45, 7) is 0. The third-order valence-corrected chi connectivity index (χ3v) is 8.32. The van der Waals surface area contributed by atoms with Crippen LogP contribution in [0.5, 0.6) is 0 Å². The largest absolute Gasteiger partial charge is 0.459 e. The summed E-state index contributed by atoms with van der Waals surface area (Å²) in [7, 11) is 4.49. The van der Waals surface area contributed by atoms with Gasteiger partial charge in [-0.2, -0.15) is 0 Å². The van der Waals surface area contributed by atoms with Gasteiger partial charge in [0.25, 0.3) is 0 Å². The molecule has 0 amide bonds. The molecule has 5 heterocycles. The van der Waals surface area contributed by atoms with Gasteiger partial charge < -0.3 is 19.1 Å². The van der Waals surface area contributed by atoms with Crippen LogP contribution >= 0.6 is 22.7 Å². The summed E-state index contributed by atoms with van der Waals surface area (Å²) in [5.41, 5.74) is -1.72. The lowest BCUT2D eigenvalue weighted by molar-refractivity contribution is -0.938. The van der Waals surface area contributed by atoms with Gasteiger partial charge in [-0.15, -0.1) is 22.7 Å². The summed E-state index contributed by atoms with van der Waals surface area (Å²) >= 11 is 2.74. The molecule has 3 aliphatic heterocycles. The first-order chi connectivity index (χ1) is 12.4. The lowest BCUT2D eigenvalue weighted by Gasteiger charge is -2.45. The average molecular weight is 393 g/mol. The van der Waals surface area contributed by atoms with E-state index < -0.39 is 11.6 Å². The van der Waals surface area contributed by atoms with Gasteiger partial charge in [0.2, 0.25) is 5.60 Å². The number of nitrogens with zero attached hydrogens (tertiary/aromatic N) is 1. The van der Waals surface area contributed by atoms with Gasteiger partial charge in [0.05, 0.1) is 23.8 Å². The molecule has 5 nitrogen and oxygen atoms in total. The number of epoxide rings is 1. The number of carbonyl (C=O) groups is 1. The summed E-state index contributed by atoms with van der Waals surface area (Å²) < 4.78 is 12.6. The van der Waals surface area contributed by atoms with E-state index in [0.29, 0.717) is 34.0 Å². The molecule has 3 fully saturated rings. The molecule has 0 spiro atoms. The average Bonchev–Trinajstić information content (AvgIpc) is 2.98. The van der Waals surface area contributed by atoms with Crippen molar-refractivity contribution >= 4 is 28.6 Å². The standard InChI is InChI=1S/C19H22NO4S2/c1-20(2)12-9-11(10-13(20)17-16(12)24-17)23-18(21)19(22,14-5-3-7-25-14)15-6-4-8-26-15/h3-8,11-13,16-17,22H,9-10H2,1-2H3/q+1/t11-,12+,13?,16-,17?/m1/s1. The Kier molecular flexibility index (Phi) is 3.65. The van der Waals surface area contributed by atoms with Crippen LogP contribution < -0.4 is 0 Å². The van der Waals surface area contributed by atoms with E-state index in [-0.39, 0.29) is 6.10 Å².